The molecule has 0 radical (unpaired) electrons. The van der Waals surface area contributed by atoms with E-state index in [-0.39, 0.29) is 11.4 Å². The lowest BCUT2D eigenvalue weighted by atomic mass is 10.1. The zero-order valence-electron chi connectivity index (χ0n) is 10.9. The van der Waals surface area contributed by atoms with Gasteiger partial charge in [0, 0.05) is 6.07 Å². The Hall–Kier alpha value is -2.09. The third-order valence-corrected chi connectivity index (χ3v) is 5.32. The molecule has 8 heteroatoms. The quantitative estimate of drug-likeness (QED) is 0.874. The van der Waals surface area contributed by atoms with Gasteiger partial charge in [0.25, 0.3) is 15.9 Å². The van der Waals surface area contributed by atoms with Gasteiger partial charge in [-0.3, -0.25) is 4.79 Å². The maximum absolute atomic E-state index is 12.0. The van der Waals surface area contributed by atoms with Crippen LogP contribution >= 0.6 is 0 Å². The standard InChI is InChI=1S/C12H13NO6S/c1-12(2)11(16)13(20(12,17)18)8-4-3-5-9(6-8)19-7-10(14)15/h3-6H,7H2,1-2H3,(H,14,15). The van der Waals surface area contributed by atoms with E-state index in [2.05, 4.69) is 0 Å². The maximum atomic E-state index is 12.0. The summed E-state index contributed by atoms with van der Waals surface area (Å²) in [7, 11) is -3.74. The monoisotopic (exact) mass is 299 g/mol. The summed E-state index contributed by atoms with van der Waals surface area (Å²) in [4.78, 5) is 22.3. The van der Waals surface area contributed by atoms with E-state index in [4.69, 9.17) is 9.84 Å². The molecule has 1 heterocycles. The molecule has 0 spiro atoms. The van der Waals surface area contributed by atoms with Crippen LogP contribution in [0.25, 0.3) is 0 Å². The molecule has 1 aliphatic rings. The van der Waals surface area contributed by atoms with Crippen LogP contribution in [0.5, 0.6) is 5.75 Å². The number of ether oxygens (including phenoxy) is 1. The molecule has 0 atom stereocenters. The number of carboxylic acids is 1. The molecule has 0 aromatic heterocycles. The number of hydrogen-bond acceptors (Lipinski definition) is 5. The number of carbonyl (C=O) groups excluding carboxylic acids is 1. The highest BCUT2D eigenvalue weighted by Gasteiger charge is 2.60. The Balaban J connectivity index is 2.29. The van der Waals surface area contributed by atoms with Crippen LogP contribution in [0.4, 0.5) is 5.69 Å². The van der Waals surface area contributed by atoms with E-state index in [0.29, 0.717) is 4.31 Å². The summed E-state index contributed by atoms with van der Waals surface area (Å²) in [5.74, 6) is -1.50. The minimum Gasteiger partial charge on any atom is -0.482 e. The number of carbonyl (C=O) groups is 2. The first-order valence-electron chi connectivity index (χ1n) is 5.72. The van der Waals surface area contributed by atoms with Gasteiger partial charge in [0.05, 0.1) is 5.69 Å². The molecule has 1 fully saturated rings. The Kier molecular flexibility index (Phi) is 3.21. The maximum Gasteiger partial charge on any atom is 0.341 e. The molecular formula is C12H13NO6S. The zero-order valence-corrected chi connectivity index (χ0v) is 11.7. The van der Waals surface area contributed by atoms with Crippen molar-refractivity contribution >= 4 is 27.6 Å². The first-order chi connectivity index (χ1) is 9.18. The van der Waals surface area contributed by atoms with E-state index in [1.807, 2.05) is 0 Å². The van der Waals surface area contributed by atoms with Crippen molar-refractivity contribution in [1.82, 2.24) is 0 Å². The first kappa shape index (κ1) is 14.3. The van der Waals surface area contributed by atoms with Gasteiger partial charge in [-0.15, -0.1) is 0 Å². The molecule has 2 rings (SSSR count). The topological polar surface area (TPSA) is 101 Å². The molecule has 1 amide bonds. The van der Waals surface area contributed by atoms with Crippen LogP contribution in [-0.2, 0) is 19.6 Å². The lowest BCUT2D eigenvalue weighted by Crippen LogP contribution is -2.67. The average Bonchev–Trinajstić information content (AvgIpc) is 2.36. The summed E-state index contributed by atoms with van der Waals surface area (Å²) in [6.45, 7) is 2.13. The average molecular weight is 299 g/mol. The molecule has 1 aliphatic heterocycles. The van der Waals surface area contributed by atoms with Crippen molar-refractivity contribution in [3.05, 3.63) is 24.3 Å². The van der Waals surface area contributed by atoms with E-state index in [0.717, 1.165) is 0 Å². The van der Waals surface area contributed by atoms with Gasteiger partial charge in [0.1, 0.15) is 5.75 Å². The van der Waals surface area contributed by atoms with Crippen molar-refractivity contribution in [2.75, 3.05) is 10.9 Å². The molecule has 0 bridgehead atoms. The van der Waals surface area contributed by atoms with Crippen LogP contribution in [0.2, 0.25) is 0 Å². The summed E-state index contributed by atoms with van der Waals surface area (Å²) >= 11 is 0. The van der Waals surface area contributed by atoms with Crippen molar-refractivity contribution in [2.24, 2.45) is 0 Å². The molecule has 1 N–H and O–H groups in total. The molecule has 7 nitrogen and oxygen atoms in total. The molecular weight excluding hydrogens is 286 g/mol. The predicted molar refractivity (Wildman–Crippen MR) is 70.1 cm³/mol. The highest BCUT2D eigenvalue weighted by molar-refractivity contribution is 7.98. The molecule has 20 heavy (non-hydrogen) atoms. The second-order valence-corrected chi connectivity index (χ2v) is 7.10. The summed E-state index contributed by atoms with van der Waals surface area (Å²) in [5.41, 5.74) is 0.136. The van der Waals surface area contributed by atoms with E-state index in [9.17, 15) is 18.0 Å². The number of nitrogens with zero attached hydrogens (tertiary/aromatic N) is 1. The molecule has 108 valence electrons. The van der Waals surface area contributed by atoms with Crippen LogP contribution in [0.1, 0.15) is 13.8 Å². The number of rotatable bonds is 4. The summed E-state index contributed by atoms with van der Waals surface area (Å²) in [6.07, 6.45) is 0. The molecule has 1 aromatic rings. The Labute approximate surface area is 115 Å². The zero-order chi connectivity index (χ0) is 15.1. The third kappa shape index (κ3) is 2.01. The van der Waals surface area contributed by atoms with E-state index in [1.165, 1.54) is 38.1 Å². The second kappa shape index (κ2) is 4.48. The van der Waals surface area contributed by atoms with Crippen LogP contribution in [-0.4, -0.2) is 36.8 Å². The van der Waals surface area contributed by atoms with Gasteiger partial charge in [-0.25, -0.2) is 17.5 Å². The van der Waals surface area contributed by atoms with Gasteiger partial charge < -0.3 is 9.84 Å². The predicted octanol–water partition coefficient (Wildman–Crippen LogP) is 0.605. The van der Waals surface area contributed by atoms with Gasteiger partial charge in [-0.05, 0) is 26.0 Å². The number of anilines is 1. The minimum atomic E-state index is -3.74. The van der Waals surface area contributed by atoms with Crippen LogP contribution in [0.3, 0.4) is 0 Å². The first-order valence-corrected chi connectivity index (χ1v) is 7.16. The van der Waals surface area contributed by atoms with E-state index in [1.54, 1.807) is 0 Å². The summed E-state index contributed by atoms with van der Waals surface area (Å²) in [6, 6.07) is 5.72. The van der Waals surface area contributed by atoms with Crippen molar-refractivity contribution in [3.8, 4) is 5.75 Å². The van der Waals surface area contributed by atoms with E-state index < -0.39 is 33.3 Å². The number of aliphatic carboxylic acids is 1. The molecule has 0 unspecified atom stereocenters. The fourth-order valence-electron chi connectivity index (χ4n) is 1.75. The Morgan fingerprint density at radius 1 is 1.40 bits per heavy atom. The lowest BCUT2D eigenvalue weighted by Gasteiger charge is -2.42. The fraction of sp³-hybridized carbons (Fsp3) is 0.333. The Morgan fingerprint density at radius 2 is 2.05 bits per heavy atom. The Bertz CT molecular complexity index is 679. The summed E-state index contributed by atoms with van der Waals surface area (Å²) in [5, 5.41) is 8.52. The largest absolute Gasteiger partial charge is 0.482 e. The SMILES string of the molecule is CC1(C)C(=O)N(c2cccc(OCC(=O)O)c2)S1(=O)=O. The number of hydrogen-bond donors (Lipinski definition) is 1. The minimum absolute atomic E-state index is 0.136. The number of carboxylic acid groups (broad SMARTS) is 1. The van der Waals surface area contributed by atoms with Gasteiger partial charge in [-0.2, -0.15) is 0 Å². The molecule has 1 saturated heterocycles. The highest BCUT2D eigenvalue weighted by atomic mass is 32.2. The number of sulfonamides is 1. The van der Waals surface area contributed by atoms with Crippen LogP contribution in [0, 0.1) is 0 Å². The van der Waals surface area contributed by atoms with Crippen molar-refractivity contribution in [3.63, 3.8) is 0 Å². The van der Waals surface area contributed by atoms with Crippen LogP contribution < -0.4 is 9.04 Å². The van der Waals surface area contributed by atoms with Gasteiger partial charge >= 0.3 is 5.97 Å². The molecule has 1 aromatic carbocycles. The second-order valence-electron chi connectivity index (χ2n) is 4.76. The molecule has 0 aliphatic carbocycles. The highest BCUT2D eigenvalue weighted by Crippen LogP contribution is 2.39. The third-order valence-electron chi connectivity index (χ3n) is 3.00. The number of benzene rings is 1. The van der Waals surface area contributed by atoms with E-state index >= 15 is 0 Å². The van der Waals surface area contributed by atoms with Crippen molar-refractivity contribution in [2.45, 2.75) is 18.6 Å². The van der Waals surface area contributed by atoms with Gasteiger partial charge in [0.15, 0.2) is 11.4 Å². The van der Waals surface area contributed by atoms with Gasteiger partial charge in [0.2, 0.25) is 0 Å². The molecule has 0 saturated carbocycles. The number of amides is 1. The smallest absolute Gasteiger partial charge is 0.341 e. The Morgan fingerprint density at radius 3 is 2.60 bits per heavy atom. The van der Waals surface area contributed by atoms with Gasteiger partial charge in [-0.1, -0.05) is 6.07 Å². The normalized spacial score (nSPS) is 19.3. The fourth-order valence-corrected chi connectivity index (χ4v) is 3.23. The van der Waals surface area contributed by atoms with Crippen molar-refractivity contribution < 1.29 is 27.9 Å². The van der Waals surface area contributed by atoms with Crippen molar-refractivity contribution in [1.29, 1.82) is 0 Å². The summed E-state index contributed by atoms with van der Waals surface area (Å²) < 4.78 is 28.3. The lowest BCUT2D eigenvalue weighted by molar-refractivity contribution is -0.139. The van der Waals surface area contributed by atoms with Crippen LogP contribution in [0.15, 0.2) is 24.3 Å².